The molecule has 0 aromatic carbocycles. The minimum absolute atomic E-state index is 0.0652. The van der Waals surface area contributed by atoms with Crippen LogP contribution in [0.2, 0.25) is 0 Å². The summed E-state index contributed by atoms with van der Waals surface area (Å²) in [5.41, 5.74) is -0.0652. The van der Waals surface area contributed by atoms with Gasteiger partial charge in [0.05, 0.1) is 19.1 Å². The number of hydrogen-bond acceptors (Lipinski definition) is 4. The molecule has 126 valence electrons. The molecule has 0 amide bonds. The van der Waals surface area contributed by atoms with Crippen molar-refractivity contribution in [2.75, 3.05) is 13.2 Å². The van der Waals surface area contributed by atoms with Crippen LogP contribution in [0.25, 0.3) is 0 Å². The third-order valence-corrected chi connectivity index (χ3v) is 4.11. The summed E-state index contributed by atoms with van der Waals surface area (Å²) >= 11 is 0. The Labute approximate surface area is 127 Å². The Balaban J connectivity index is 2.27. The van der Waals surface area contributed by atoms with Gasteiger partial charge in [-0.2, -0.15) is 13.2 Å². The molecule has 1 saturated heterocycles. The van der Waals surface area contributed by atoms with Gasteiger partial charge in [0.25, 0.3) is 0 Å². The maximum atomic E-state index is 13.4. The first-order chi connectivity index (χ1) is 10.3. The average Bonchev–Trinajstić information content (AvgIpc) is 2.45. The number of halogens is 3. The van der Waals surface area contributed by atoms with Crippen molar-refractivity contribution >= 4 is 5.97 Å². The summed E-state index contributed by atoms with van der Waals surface area (Å²) in [6.45, 7) is 5.37. The van der Waals surface area contributed by atoms with E-state index in [-0.39, 0.29) is 12.0 Å². The van der Waals surface area contributed by atoms with E-state index in [1.807, 2.05) is 0 Å². The first kappa shape index (κ1) is 17.3. The molecule has 2 fully saturated rings. The number of hydrogen-bond donors (Lipinski definition) is 0. The standard InChI is InChI=1S/C15H21F3O4/c1-10(2)13(19)22-12(15(16,17)18)11-6-3-4-7-14(11)20-8-5-9-21-14/h11-12H,1,3-9H2,2H3. The Morgan fingerprint density at radius 2 is 1.91 bits per heavy atom. The molecule has 2 atom stereocenters. The highest BCUT2D eigenvalue weighted by molar-refractivity contribution is 5.87. The van der Waals surface area contributed by atoms with Crippen LogP contribution in [0.3, 0.4) is 0 Å². The van der Waals surface area contributed by atoms with Crippen LogP contribution in [-0.2, 0) is 19.0 Å². The lowest BCUT2D eigenvalue weighted by atomic mass is 9.78. The van der Waals surface area contributed by atoms with Gasteiger partial charge in [-0.25, -0.2) is 4.79 Å². The summed E-state index contributed by atoms with van der Waals surface area (Å²) in [6.07, 6.45) is -4.29. The molecule has 22 heavy (non-hydrogen) atoms. The highest BCUT2D eigenvalue weighted by atomic mass is 19.4. The van der Waals surface area contributed by atoms with Crippen LogP contribution in [0.1, 0.15) is 39.0 Å². The topological polar surface area (TPSA) is 44.8 Å². The lowest BCUT2D eigenvalue weighted by Crippen LogP contribution is -2.57. The fourth-order valence-corrected chi connectivity index (χ4v) is 3.06. The van der Waals surface area contributed by atoms with E-state index in [9.17, 15) is 18.0 Å². The van der Waals surface area contributed by atoms with E-state index in [2.05, 4.69) is 6.58 Å². The van der Waals surface area contributed by atoms with Crippen LogP contribution >= 0.6 is 0 Å². The Bertz CT molecular complexity index is 419. The minimum atomic E-state index is -4.68. The molecule has 0 radical (unpaired) electrons. The van der Waals surface area contributed by atoms with Crippen molar-refractivity contribution in [3.63, 3.8) is 0 Å². The van der Waals surface area contributed by atoms with Gasteiger partial charge in [-0.15, -0.1) is 0 Å². The molecule has 4 nitrogen and oxygen atoms in total. The number of esters is 1. The second-order valence-electron chi connectivity index (χ2n) is 5.86. The zero-order valence-corrected chi connectivity index (χ0v) is 12.6. The number of ether oxygens (including phenoxy) is 3. The predicted molar refractivity (Wildman–Crippen MR) is 72.0 cm³/mol. The van der Waals surface area contributed by atoms with Crippen molar-refractivity contribution < 1.29 is 32.2 Å². The van der Waals surface area contributed by atoms with Crippen LogP contribution < -0.4 is 0 Å². The molecule has 1 saturated carbocycles. The predicted octanol–water partition coefficient (Wildman–Crippen LogP) is 3.36. The fourth-order valence-electron chi connectivity index (χ4n) is 3.06. The van der Waals surface area contributed by atoms with Crippen LogP contribution in [0.5, 0.6) is 0 Å². The fraction of sp³-hybridized carbons (Fsp3) is 0.800. The van der Waals surface area contributed by atoms with Crippen molar-refractivity contribution in [1.29, 1.82) is 0 Å². The van der Waals surface area contributed by atoms with Gasteiger partial charge in [-0.1, -0.05) is 13.0 Å². The molecule has 1 aliphatic carbocycles. The molecule has 7 heteroatoms. The maximum Gasteiger partial charge on any atom is 0.426 e. The molecule has 1 spiro atoms. The molecule has 2 rings (SSSR count). The van der Waals surface area contributed by atoms with Crippen LogP contribution in [0.15, 0.2) is 12.2 Å². The first-order valence-corrected chi connectivity index (χ1v) is 7.47. The van der Waals surface area contributed by atoms with Gasteiger partial charge in [0.15, 0.2) is 5.79 Å². The van der Waals surface area contributed by atoms with Crippen molar-refractivity contribution in [1.82, 2.24) is 0 Å². The Kier molecular flexibility index (Phi) is 5.17. The molecule has 0 N–H and O–H groups in total. The zero-order chi connectivity index (χ0) is 16.4. The van der Waals surface area contributed by atoms with Gasteiger partial charge < -0.3 is 14.2 Å². The maximum absolute atomic E-state index is 13.4. The summed E-state index contributed by atoms with van der Waals surface area (Å²) < 4.78 is 56.3. The molecule has 0 bridgehead atoms. The van der Waals surface area contributed by atoms with Gasteiger partial charge in [0, 0.05) is 12.0 Å². The van der Waals surface area contributed by atoms with Gasteiger partial charge >= 0.3 is 12.1 Å². The van der Waals surface area contributed by atoms with Gasteiger partial charge in [0.1, 0.15) is 0 Å². The number of carbonyl (C=O) groups is 1. The molecule has 2 aliphatic rings. The second kappa shape index (κ2) is 6.58. The van der Waals surface area contributed by atoms with E-state index in [0.29, 0.717) is 32.5 Å². The average molecular weight is 322 g/mol. The molecular weight excluding hydrogens is 301 g/mol. The Morgan fingerprint density at radius 1 is 1.27 bits per heavy atom. The first-order valence-electron chi connectivity index (χ1n) is 7.47. The number of rotatable bonds is 3. The molecule has 2 unspecified atom stereocenters. The van der Waals surface area contributed by atoms with Gasteiger partial charge in [-0.05, 0) is 26.2 Å². The molecule has 0 aromatic heterocycles. The number of carbonyl (C=O) groups excluding carboxylic acids is 1. The van der Waals surface area contributed by atoms with E-state index in [0.717, 1.165) is 6.42 Å². The smallest absolute Gasteiger partial charge is 0.426 e. The molecular formula is C15H21F3O4. The second-order valence-corrected chi connectivity index (χ2v) is 5.86. The summed E-state index contributed by atoms with van der Waals surface area (Å²) in [7, 11) is 0. The van der Waals surface area contributed by atoms with Gasteiger partial charge in [0.2, 0.25) is 6.10 Å². The van der Waals surface area contributed by atoms with Crippen LogP contribution in [0, 0.1) is 5.92 Å². The van der Waals surface area contributed by atoms with Crippen LogP contribution in [0.4, 0.5) is 13.2 Å². The summed E-state index contributed by atoms with van der Waals surface area (Å²) in [5, 5.41) is 0. The van der Waals surface area contributed by atoms with Crippen molar-refractivity contribution in [2.24, 2.45) is 5.92 Å². The lowest BCUT2D eigenvalue weighted by molar-refractivity contribution is -0.341. The van der Waals surface area contributed by atoms with Crippen LogP contribution in [-0.4, -0.2) is 37.3 Å². The molecule has 1 aliphatic heterocycles. The summed E-state index contributed by atoms with van der Waals surface area (Å²) in [6, 6.07) is 0. The zero-order valence-electron chi connectivity index (χ0n) is 12.6. The van der Waals surface area contributed by atoms with Crippen molar-refractivity contribution in [3.05, 3.63) is 12.2 Å². The largest absolute Gasteiger partial charge is 0.449 e. The molecule has 1 heterocycles. The quantitative estimate of drug-likeness (QED) is 0.590. The van der Waals surface area contributed by atoms with E-state index >= 15 is 0 Å². The number of alkyl halides is 3. The normalized spacial score (nSPS) is 26.5. The Hall–Kier alpha value is -1.08. The molecule has 0 aromatic rings. The Morgan fingerprint density at radius 3 is 2.45 bits per heavy atom. The third kappa shape index (κ3) is 3.63. The highest BCUT2D eigenvalue weighted by Gasteiger charge is 2.58. The van der Waals surface area contributed by atoms with E-state index in [1.54, 1.807) is 0 Å². The van der Waals surface area contributed by atoms with Gasteiger partial charge in [-0.3, -0.25) is 0 Å². The van der Waals surface area contributed by atoms with E-state index in [1.165, 1.54) is 6.92 Å². The SMILES string of the molecule is C=C(C)C(=O)OC(C1CCCCC12OCCCO2)C(F)(F)F. The van der Waals surface area contributed by atoms with Crippen molar-refractivity contribution in [3.8, 4) is 0 Å². The minimum Gasteiger partial charge on any atom is -0.449 e. The third-order valence-electron chi connectivity index (χ3n) is 4.11. The lowest BCUT2D eigenvalue weighted by Gasteiger charge is -2.48. The summed E-state index contributed by atoms with van der Waals surface area (Å²) in [5.74, 6) is -3.39. The monoisotopic (exact) mass is 322 g/mol. The summed E-state index contributed by atoms with van der Waals surface area (Å²) in [4.78, 5) is 11.6. The van der Waals surface area contributed by atoms with Crippen molar-refractivity contribution in [2.45, 2.75) is 57.1 Å². The van der Waals surface area contributed by atoms with E-state index < -0.39 is 30.0 Å². The van der Waals surface area contributed by atoms with E-state index in [4.69, 9.17) is 14.2 Å². The highest BCUT2D eigenvalue weighted by Crippen LogP contribution is 2.46.